The van der Waals surface area contributed by atoms with Gasteiger partial charge in [0.15, 0.2) is 0 Å². The van der Waals surface area contributed by atoms with Crippen LogP contribution < -0.4 is 16.0 Å². The van der Waals surface area contributed by atoms with Gasteiger partial charge in [-0.1, -0.05) is 0 Å². The van der Waals surface area contributed by atoms with E-state index >= 15 is 0 Å². The van der Waals surface area contributed by atoms with Crippen molar-refractivity contribution in [3.05, 3.63) is 18.6 Å². The number of hydrogen-bond acceptors (Lipinski definition) is 5. The second-order valence-electron chi connectivity index (χ2n) is 4.99. The predicted molar refractivity (Wildman–Crippen MR) is 76.3 cm³/mol. The van der Waals surface area contributed by atoms with Crippen molar-refractivity contribution in [2.24, 2.45) is 5.73 Å². The van der Waals surface area contributed by atoms with Crippen LogP contribution in [0.3, 0.4) is 0 Å². The molecule has 0 spiro atoms. The summed E-state index contributed by atoms with van der Waals surface area (Å²) in [4.78, 5) is 25.3. The van der Waals surface area contributed by atoms with E-state index in [-0.39, 0.29) is 18.5 Å². The van der Waals surface area contributed by atoms with Crippen LogP contribution in [0, 0.1) is 0 Å². The Morgan fingerprint density at radius 1 is 1.55 bits per heavy atom. The Morgan fingerprint density at radius 2 is 2.45 bits per heavy atom. The van der Waals surface area contributed by atoms with Crippen LogP contribution in [0.5, 0.6) is 0 Å². The molecule has 0 aliphatic carbocycles. The molecule has 0 radical (unpaired) electrons. The lowest BCUT2D eigenvalue weighted by molar-refractivity contribution is -0.120. The number of H-pyrrole nitrogens is 1. The Hall–Kier alpha value is -2.15. The molecule has 1 amide bonds. The van der Waals surface area contributed by atoms with Crippen molar-refractivity contribution in [3.63, 3.8) is 0 Å². The van der Waals surface area contributed by atoms with Crippen LogP contribution in [0.1, 0.15) is 12.8 Å². The highest BCUT2D eigenvalue weighted by molar-refractivity contribution is 5.87. The van der Waals surface area contributed by atoms with E-state index in [1.807, 2.05) is 12.3 Å². The molecule has 3 heterocycles. The molecular weight excluding hydrogens is 256 g/mol. The Kier molecular flexibility index (Phi) is 3.51. The number of aromatic nitrogens is 3. The molecule has 7 nitrogen and oxygen atoms in total. The van der Waals surface area contributed by atoms with E-state index < -0.39 is 0 Å². The highest BCUT2D eigenvalue weighted by atomic mass is 16.1. The number of fused-ring (bicyclic) bond motifs is 1. The number of carbonyl (C=O) groups excluding carboxylic acids is 1. The molecule has 1 fully saturated rings. The van der Waals surface area contributed by atoms with Crippen LogP contribution in [0.25, 0.3) is 11.0 Å². The zero-order chi connectivity index (χ0) is 13.9. The highest BCUT2D eigenvalue weighted by Crippen LogP contribution is 2.24. The van der Waals surface area contributed by atoms with Gasteiger partial charge in [-0.05, 0) is 18.9 Å². The zero-order valence-corrected chi connectivity index (χ0v) is 11.2. The molecule has 1 aliphatic rings. The second kappa shape index (κ2) is 5.46. The SMILES string of the molecule is NCC(=O)N[C@H]1CCCN(c2ncnc3[nH]ccc23)C1. The molecule has 106 valence electrons. The van der Waals surface area contributed by atoms with Crippen LogP contribution in [0.15, 0.2) is 18.6 Å². The average Bonchev–Trinajstić information content (AvgIpc) is 2.95. The molecule has 1 aliphatic heterocycles. The number of hydrogen-bond donors (Lipinski definition) is 3. The fourth-order valence-electron chi connectivity index (χ4n) is 2.68. The van der Waals surface area contributed by atoms with Gasteiger partial charge in [-0.3, -0.25) is 4.79 Å². The first-order valence-corrected chi connectivity index (χ1v) is 6.80. The van der Waals surface area contributed by atoms with Gasteiger partial charge in [0.2, 0.25) is 5.91 Å². The fourth-order valence-corrected chi connectivity index (χ4v) is 2.68. The van der Waals surface area contributed by atoms with Crippen LogP contribution in [-0.4, -0.2) is 46.5 Å². The van der Waals surface area contributed by atoms with Crippen molar-refractivity contribution in [2.45, 2.75) is 18.9 Å². The van der Waals surface area contributed by atoms with Crippen molar-refractivity contribution in [2.75, 3.05) is 24.5 Å². The van der Waals surface area contributed by atoms with Gasteiger partial charge in [0.05, 0.1) is 11.9 Å². The summed E-state index contributed by atoms with van der Waals surface area (Å²) in [6.07, 6.45) is 5.42. The molecule has 20 heavy (non-hydrogen) atoms. The Balaban J connectivity index is 1.79. The third kappa shape index (κ3) is 2.44. The second-order valence-corrected chi connectivity index (χ2v) is 4.99. The minimum absolute atomic E-state index is 0.0338. The molecule has 2 aromatic heterocycles. The molecule has 1 atom stereocenters. The molecular formula is C13H18N6O. The number of amides is 1. The molecule has 2 aromatic rings. The van der Waals surface area contributed by atoms with E-state index in [0.29, 0.717) is 0 Å². The van der Waals surface area contributed by atoms with Gasteiger partial charge in [-0.25, -0.2) is 9.97 Å². The smallest absolute Gasteiger partial charge is 0.234 e. The molecule has 0 saturated carbocycles. The van der Waals surface area contributed by atoms with E-state index in [1.165, 1.54) is 0 Å². The predicted octanol–water partition coefficient (Wildman–Crippen LogP) is 0.00160. The summed E-state index contributed by atoms with van der Waals surface area (Å²) >= 11 is 0. The van der Waals surface area contributed by atoms with Gasteiger partial charge >= 0.3 is 0 Å². The summed E-state index contributed by atoms with van der Waals surface area (Å²) in [7, 11) is 0. The van der Waals surface area contributed by atoms with E-state index in [2.05, 4.69) is 25.2 Å². The molecule has 1 saturated heterocycles. The summed E-state index contributed by atoms with van der Waals surface area (Å²) in [5.74, 6) is 0.814. The number of carbonyl (C=O) groups is 1. The first-order valence-electron chi connectivity index (χ1n) is 6.80. The summed E-state index contributed by atoms with van der Waals surface area (Å²) in [6, 6.07) is 2.11. The number of nitrogens with one attached hydrogen (secondary N) is 2. The minimum atomic E-state index is -0.105. The first kappa shape index (κ1) is 12.9. The lowest BCUT2D eigenvalue weighted by Gasteiger charge is -2.34. The third-order valence-corrected chi connectivity index (χ3v) is 3.60. The summed E-state index contributed by atoms with van der Waals surface area (Å²) in [5.41, 5.74) is 6.18. The molecule has 4 N–H and O–H groups in total. The molecule has 3 rings (SSSR count). The lowest BCUT2D eigenvalue weighted by Crippen LogP contribution is -2.49. The molecule has 0 unspecified atom stereocenters. The largest absolute Gasteiger partial charge is 0.354 e. The van der Waals surface area contributed by atoms with Crippen molar-refractivity contribution in [1.82, 2.24) is 20.3 Å². The van der Waals surface area contributed by atoms with Crippen molar-refractivity contribution in [1.29, 1.82) is 0 Å². The third-order valence-electron chi connectivity index (χ3n) is 3.60. The van der Waals surface area contributed by atoms with Gasteiger partial charge in [-0.2, -0.15) is 0 Å². The van der Waals surface area contributed by atoms with Crippen LogP contribution >= 0.6 is 0 Å². The normalized spacial score (nSPS) is 19.2. The van der Waals surface area contributed by atoms with E-state index in [9.17, 15) is 4.79 Å². The minimum Gasteiger partial charge on any atom is -0.354 e. The maximum absolute atomic E-state index is 11.4. The quantitative estimate of drug-likeness (QED) is 0.731. The lowest BCUT2D eigenvalue weighted by atomic mass is 10.1. The summed E-state index contributed by atoms with van der Waals surface area (Å²) in [5, 5.41) is 3.97. The number of nitrogens with zero attached hydrogens (tertiary/aromatic N) is 3. The van der Waals surface area contributed by atoms with Gasteiger partial charge in [0.1, 0.15) is 17.8 Å². The number of rotatable bonds is 3. The summed E-state index contributed by atoms with van der Waals surface area (Å²) < 4.78 is 0. The van der Waals surface area contributed by atoms with Crippen LogP contribution in [0.4, 0.5) is 5.82 Å². The topological polar surface area (TPSA) is 99.9 Å². The van der Waals surface area contributed by atoms with Crippen molar-refractivity contribution >= 4 is 22.8 Å². The highest BCUT2D eigenvalue weighted by Gasteiger charge is 2.23. The van der Waals surface area contributed by atoms with Gasteiger partial charge in [0, 0.05) is 25.3 Å². The fraction of sp³-hybridized carbons (Fsp3) is 0.462. The number of piperidine rings is 1. The maximum atomic E-state index is 11.4. The van der Waals surface area contributed by atoms with E-state index in [1.54, 1.807) is 6.33 Å². The number of nitrogens with two attached hydrogens (primary N) is 1. The van der Waals surface area contributed by atoms with Crippen LogP contribution in [0.2, 0.25) is 0 Å². The molecule has 0 aromatic carbocycles. The number of aromatic amines is 1. The van der Waals surface area contributed by atoms with Gasteiger partial charge in [-0.15, -0.1) is 0 Å². The van der Waals surface area contributed by atoms with Gasteiger partial charge in [0.25, 0.3) is 0 Å². The van der Waals surface area contributed by atoms with Gasteiger partial charge < -0.3 is 20.9 Å². The first-order chi connectivity index (χ1) is 9.78. The van der Waals surface area contributed by atoms with E-state index in [4.69, 9.17) is 5.73 Å². The molecule has 0 bridgehead atoms. The Bertz CT molecular complexity index is 610. The number of anilines is 1. The average molecular weight is 274 g/mol. The van der Waals surface area contributed by atoms with Crippen LogP contribution in [-0.2, 0) is 4.79 Å². The Morgan fingerprint density at radius 3 is 3.30 bits per heavy atom. The maximum Gasteiger partial charge on any atom is 0.234 e. The standard InChI is InChI=1S/C13H18N6O/c14-6-11(20)18-9-2-1-5-19(7-9)13-10-3-4-15-12(10)16-8-17-13/h3-4,8-9H,1-2,5-7,14H2,(H,18,20)(H,15,16,17)/t9-/m0/s1. The van der Waals surface area contributed by atoms with Crippen molar-refractivity contribution in [3.8, 4) is 0 Å². The summed E-state index contributed by atoms with van der Waals surface area (Å²) in [6.45, 7) is 1.72. The monoisotopic (exact) mass is 274 g/mol. The Labute approximate surface area is 116 Å². The zero-order valence-electron chi connectivity index (χ0n) is 11.2. The molecule has 7 heteroatoms. The van der Waals surface area contributed by atoms with E-state index in [0.717, 1.165) is 42.8 Å². The van der Waals surface area contributed by atoms with Crippen molar-refractivity contribution < 1.29 is 4.79 Å².